The molecule has 0 unspecified atom stereocenters. The fraction of sp³-hybridized carbons (Fsp3) is 0.294. The molecule has 0 spiro atoms. The van der Waals surface area contributed by atoms with Crippen molar-refractivity contribution in [1.82, 2.24) is 4.72 Å². The van der Waals surface area contributed by atoms with Gasteiger partial charge in [0.2, 0.25) is 10.0 Å². The summed E-state index contributed by atoms with van der Waals surface area (Å²) < 4.78 is 46.8. The largest absolute Gasteiger partial charge is 0.376 e. The quantitative estimate of drug-likeness (QED) is 0.614. The maximum absolute atomic E-state index is 13.2. The molecule has 1 aliphatic rings. The smallest absolute Gasteiger partial charge is 0.269 e. The summed E-state index contributed by atoms with van der Waals surface area (Å²) in [6.45, 7) is 0.529. The second-order valence-corrected chi connectivity index (χ2v) is 7.67. The normalized spacial score (nSPS) is 18.6. The van der Waals surface area contributed by atoms with Crippen LogP contribution in [0.25, 0.3) is 0 Å². The minimum Gasteiger partial charge on any atom is -0.376 e. The predicted molar refractivity (Wildman–Crippen MR) is 91.5 cm³/mol. The summed E-state index contributed by atoms with van der Waals surface area (Å²) in [6, 6.07) is 9.49. The van der Waals surface area contributed by atoms with Gasteiger partial charge in [0.15, 0.2) is 0 Å². The van der Waals surface area contributed by atoms with Gasteiger partial charge in [0.25, 0.3) is 5.69 Å². The number of hydrogen-bond acceptors (Lipinski definition) is 5. The summed E-state index contributed by atoms with van der Waals surface area (Å²) in [5.74, 6) is -0.418. The lowest BCUT2D eigenvalue weighted by Crippen LogP contribution is -2.36. The standard InChI is InChI=1S/C17H17FN2O5S/c18-13-5-3-12(4-6-13)17(16-2-1-11-25-16)19-26(23,24)15-9-7-14(8-10-15)20(21)22/h3-10,16-17,19H,1-2,11H2/t16-,17+/m0/s1. The monoisotopic (exact) mass is 380 g/mol. The average Bonchev–Trinajstić information content (AvgIpc) is 3.15. The topological polar surface area (TPSA) is 98.5 Å². The number of hydrogen-bond donors (Lipinski definition) is 1. The fourth-order valence-corrected chi connectivity index (χ4v) is 4.13. The summed E-state index contributed by atoms with van der Waals surface area (Å²) in [5.41, 5.74) is 0.391. The SMILES string of the molecule is O=[N+]([O-])c1ccc(S(=O)(=O)N[C@H](c2ccc(F)cc2)[C@@H]2CCCO2)cc1. The van der Waals surface area contributed by atoms with E-state index in [1.807, 2.05) is 0 Å². The van der Waals surface area contributed by atoms with Gasteiger partial charge < -0.3 is 4.74 Å². The van der Waals surface area contributed by atoms with Crippen LogP contribution in [0, 0.1) is 15.9 Å². The molecule has 2 atom stereocenters. The number of halogens is 1. The van der Waals surface area contributed by atoms with E-state index >= 15 is 0 Å². The highest BCUT2D eigenvalue weighted by Crippen LogP contribution is 2.29. The van der Waals surface area contributed by atoms with Gasteiger partial charge in [-0.25, -0.2) is 17.5 Å². The Bertz CT molecular complexity index is 878. The third-order valence-corrected chi connectivity index (χ3v) is 5.66. The van der Waals surface area contributed by atoms with Crippen molar-refractivity contribution in [2.24, 2.45) is 0 Å². The van der Waals surface area contributed by atoms with Gasteiger partial charge in [-0.1, -0.05) is 12.1 Å². The number of nitro groups is 1. The maximum Gasteiger partial charge on any atom is 0.269 e. The summed E-state index contributed by atoms with van der Waals surface area (Å²) in [6.07, 6.45) is 1.11. The van der Waals surface area contributed by atoms with Gasteiger partial charge in [-0.2, -0.15) is 0 Å². The van der Waals surface area contributed by atoms with Crippen molar-refractivity contribution in [3.05, 3.63) is 70.0 Å². The number of nitro benzene ring substituents is 1. The Balaban J connectivity index is 1.89. The van der Waals surface area contributed by atoms with Crippen LogP contribution in [0.4, 0.5) is 10.1 Å². The van der Waals surface area contributed by atoms with E-state index in [1.54, 1.807) is 0 Å². The van der Waals surface area contributed by atoms with Crippen molar-refractivity contribution in [3.8, 4) is 0 Å². The molecule has 7 nitrogen and oxygen atoms in total. The molecular formula is C17H17FN2O5S. The molecule has 0 aromatic heterocycles. The van der Waals surface area contributed by atoms with Crippen LogP contribution in [-0.4, -0.2) is 26.1 Å². The van der Waals surface area contributed by atoms with E-state index in [2.05, 4.69) is 4.72 Å². The van der Waals surface area contributed by atoms with Crippen LogP contribution in [0.3, 0.4) is 0 Å². The van der Waals surface area contributed by atoms with Crippen LogP contribution >= 0.6 is 0 Å². The molecule has 1 fully saturated rings. The zero-order valence-corrected chi connectivity index (χ0v) is 14.5. The molecule has 0 bridgehead atoms. The number of sulfonamides is 1. The Kier molecular flexibility index (Phi) is 5.30. The second-order valence-electron chi connectivity index (χ2n) is 5.95. The summed E-state index contributed by atoms with van der Waals surface area (Å²) >= 11 is 0. The summed E-state index contributed by atoms with van der Waals surface area (Å²) in [4.78, 5) is 10.0. The van der Waals surface area contributed by atoms with Gasteiger partial charge in [0, 0.05) is 18.7 Å². The molecule has 1 N–H and O–H groups in total. The highest BCUT2D eigenvalue weighted by Gasteiger charge is 2.31. The van der Waals surface area contributed by atoms with Gasteiger partial charge in [0.05, 0.1) is 22.0 Å². The van der Waals surface area contributed by atoms with Gasteiger partial charge in [-0.3, -0.25) is 10.1 Å². The molecule has 0 saturated carbocycles. The fourth-order valence-electron chi connectivity index (χ4n) is 2.88. The third-order valence-electron chi connectivity index (χ3n) is 4.21. The number of rotatable bonds is 6. The number of nitrogens with zero attached hydrogens (tertiary/aromatic N) is 1. The summed E-state index contributed by atoms with van der Waals surface area (Å²) in [5, 5.41) is 10.7. The van der Waals surface area contributed by atoms with E-state index in [0.29, 0.717) is 18.6 Å². The number of nitrogens with one attached hydrogen (secondary N) is 1. The molecule has 26 heavy (non-hydrogen) atoms. The first-order valence-corrected chi connectivity index (χ1v) is 9.49. The number of ether oxygens (including phenoxy) is 1. The van der Waals surface area contributed by atoms with Gasteiger partial charge in [0.1, 0.15) is 5.82 Å². The maximum atomic E-state index is 13.2. The molecular weight excluding hydrogens is 363 g/mol. The molecule has 1 heterocycles. The molecule has 1 aliphatic heterocycles. The zero-order chi connectivity index (χ0) is 18.7. The Morgan fingerprint density at radius 2 is 1.81 bits per heavy atom. The Morgan fingerprint density at radius 3 is 2.35 bits per heavy atom. The lowest BCUT2D eigenvalue weighted by atomic mass is 10.0. The first-order chi connectivity index (χ1) is 12.4. The number of benzene rings is 2. The van der Waals surface area contributed by atoms with Crippen LogP contribution in [-0.2, 0) is 14.8 Å². The van der Waals surface area contributed by atoms with E-state index in [9.17, 15) is 22.9 Å². The highest BCUT2D eigenvalue weighted by molar-refractivity contribution is 7.89. The first-order valence-electron chi connectivity index (χ1n) is 8.01. The van der Waals surface area contributed by atoms with Gasteiger partial charge in [-0.05, 0) is 42.7 Å². The Hall–Kier alpha value is -2.36. The molecule has 0 radical (unpaired) electrons. The van der Waals surface area contributed by atoms with Crippen molar-refractivity contribution >= 4 is 15.7 Å². The van der Waals surface area contributed by atoms with Crippen LogP contribution in [0.5, 0.6) is 0 Å². The molecule has 0 amide bonds. The Morgan fingerprint density at radius 1 is 1.15 bits per heavy atom. The van der Waals surface area contributed by atoms with Crippen molar-refractivity contribution in [3.63, 3.8) is 0 Å². The molecule has 0 aliphatic carbocycles. The van der Waals surface area contributed by atoms with Gasteiger partial charge >= 0.3 is 0 Å². The molecule has 138 valence electrons. The second kappa shape index (κ2) is 7.48. The van der Waals surface area contributed by atoms with Crippen molar-refractivity contribution in [2.75, 3.05) is 6.61 Å². The molecule has 2 aromatic rings. The van der Waals surface area contributed by atoms with Crippen molar-refractivity contribution < 1.29 is 22.5 Å². The van der Waals surface area contributed by atoms with Crippen molar-refractivity contribution in [2.45, 2.75) is 29.9 Å². The van der Waals surface area contributed by atoms with Crippen LogP contribution < -0.4 is 4.72 Å². The van der Waals surface area contributed by atoms with Gasteiger partial charge in [-0.15, -0.1) is 0 Å². The predicted octanol–water partition coefficient (Wildman–Crippen LogP) is 2.93. The minimum absolute atomic E-state index is 0.0896. The van der Waals surface area contributed by atoms with Crippen LogP contribution in [0.1, 0.15) is 24.4 Å². The van der Waals surface area contributed by atoms with Crippen LogP contribution in [0.2, 0.25) is 0 Å². The van der Waals surface area contributed by atoms with E-state index in [1.165, 1.54) is 36.4 Å². The van der Waals surface area contributed by atoms with E-state index in [0.717, 1.165) is 18.6 Å². The average molecular weight is 380 g/mol. The lowest BCUT2D eigenvalue weighted by molar-refractivity contribution is -0.384. The Labute approximate surface area is 150 Å². The zero-order valence-electron chi connectivity index (χ0n) is 13.7. The third kappa shape index (κ3) is 4.06. The first kappa shape index (κ1) is 18.4. The molecule has 2 aromatic carbocycles. The summed E-state index contributed by atoms with van der Waals surface area (Å²) in [7, 11) is -3.94. The number of non-ortho nitro benzene ring substituents is 1. The lowest BCUT2D eigenvalue weighted by Gasteiger charge is -2.24. The van der Waals surface area contributed by atoms with Crippen LogP contribution in [0.15, 0.2) is 53.4 Å². The van der Waals surface area contributed by atoms with Crippen molar-refractivity contribution in [1.29, 1.82) is 0 Å². The molecule has 1 saturated heterocycles. The minimum atomic E-state index is -3.94. The highest BCUT2D eigenvalue weighted by atomic mass is 32.2. The van der Waals surface area contributed by atoms with E-state index in [4.69, 9.17) is 4.74 Å². The van der Waals surface area contributed by atoms with E-state index in [-0.39, 0.29) is 16.7 Å². The molecule has 9 heteroatoms. The van der Waals surface area contributed by atoms with E-state index < -0.39 is 26.8 Å². The molecule has 3 rings (SSSR count).